The molecule has 0 radical (unpaired) electrons. The molecule has 1 rings (SSSR count). The minimum Gasteiger partial charge on any atom is -0.480 e. The van der Waals surface area contributed by atoms with Gasteiger partial charge in [0.05, 0.1) is 6.26 Å². The molecule has 7 heteroatoms. The molecular weight excluding hydrogens is 232 g/mol. The molecule has 0 unspecified atom stereocenters. The van der Waals surface area contributed by atoms with Crippen molar-refractivity contribution in [3.63, 3.8) is 0 Å². The Bertz CT molecular complexity index is 498. The van der Waals surface area contributed by atoms with Crippen LogP contribution in [0.5, 0.6) is 0 Å². The molecule has 16 heavy (non-hydrogen) atoms. The lowest BCUT2D eigenvalue weighted by molar-refractivity contribution is -0.138. The first-order chi connectivity index (χ1) is 7.29. The number of hydrogen-bond donors (Lipinski definition) is 3. The van der Waals surface area contributed by atoms with Crippen molar-refractivity contribution in [1.82, 2.24) is 0 Å². The summed E-state index contributed by atoms with van der Waals surface area (Å²) in [6, 6.07) is 4.79. The van der Waals surface area contributed by atoms with Crippen molar-refractivity contribution in [1.29, 1.82) is 0 Å². The predicted molar refractivity (Wildman–Crippen MR) is 59.5 cm³/mol. The molecule has 0 saturated carbocycles. The third kappa shape index (κ3) is 3.52. The standard InChI is InChI=1S/C9H12N2O4S/c1-16(14,15)11-7-4-2-3-6(5-7)8(10)9(12)13/h2-5,8,11H,10H2,1H3,(H,12,13)/t8-/m1/s1. The number of rotatable bonds is 4. The zero-order valence-corrected chi connectivity index (χ0v) is 9.36. The van der Waals surface area contributed by atoms with Gasteiger partial charge in [0.25, 0.3) is 0 Å². The minimum absolute atomic E-state index is 0.289. The van der Waals surface area contributed by atoms with E-state index in [-0.39, 0.29) is 5.69 Å². The molecule has 1 aromatic rings. The first kappa shape index (κ1) is 12.5. The van der Waals surface area contributed by atoms with Crippen LogP contribution in [-0.2, 0) is 14.8 Å². The number of hydrogen-bond acceptors (Lipinski definition) is 4. The van der Waals surface area contributed by atoms with Crippen molar-refractivity contribution in [2.75, 3.05) is 11.0 Å². The highest BCUT2D eigenvalue weighted by molar-refractivity contribution is 7.92. The van der Waals surface area contributed by atoms with E-state index in [1.165, 1.54) is 24.3 Å². The molecule has 88 valence electrons. The predicted octanol–water partition coefficient (Wildman–Crippen LogP) is 0.142. The van der Waals surface area contributed by atoms with E-state index < -0.39 is 22.0 Å². The summed E-state index contributed by atoms with van der Waals surface area (Å²) in [5.74, 6) is -1.17. The molecular formula is C9H12N2O4S. The fourth-order valence-electron chi connectivity index (χ4n) is 1.15. The average molecular weight is 244 g/mol. The van der Waals surface area contributed by atoms with Crippen molar-refractivity contribution in [3.8, 4) is 0 Å². The van der Waals surface area contributed by atoms with Gasteiger partial charge in [-0.05, 0) is 17.7 Å². The average Bonchev–Trinajstić information content (AvgIpc) is 2.14. The van der Waals surface area contributed by atoms with Crippen LogP contribution >= 0.6 is 0 Å². The van der Waals surface area contributed by atoms with Crippen molar-refractivity contribution >= 4 is 21.7 Å². The van der Waals surface area contributed by atoms with Gasteiger partial charge < -0.3 is 10.8 Å². The number of aliphatic carboxylic acids is 1. The second-order valence-corrected chi connectivity index (χ2v) is 5.06. The van der Waals surface area contributed by atoms with Crippen LogP contribution in [-0.4, -0.2) is 25.7 Å². The van der Waals surface area contributed by atoms with Gasteiger partial charge in [0.15, 0.2) is 0 Å². The monoisotopic (exact) mass is 244 g/mol. The minimum atomic E-state index is -3.38. The molecule has 0 aliphatic rings. The molecule has 0 spiro atoms. The highest BCUT2D eigenvalue weighted by Crippen LogP contribution is 2.16. The summed E-state index contributed by atoms with van der Waals surface area (Å²) < 4.78 is 24.2. The second kappa shape index (κ2) is 4.50. The van der Waals surface area contributed by atoms with Gasteiger partial charge in [-0.15, -0.1) is 0 Å². The number of benzene rings is 1. The number of sulfonamides is 1. The van der Waals surface area contributed by atoms with Gasteiger partial charge in [-0.3, -0.25) is 9.52 Å². The van der Waals surface area contributed by atoms with E-state index in [1.807, 2.05) is 0 Å². The summed E-state index contributed by atoms with van der Waals surface area (Å²) in [7, 11) is -3.38. The zero-order valence-electron chi connectivity index (χ0n) is 8.54. The lowest BCUT2D eigenvalue weighted by Gasteiger charge is -2.09. The normalized spacial score (nSPS) is 13.1. The Morgan fingerprint density at radius 2 is 2.12 bits per heavy atom. The number of carboxylic acids is 1. The van der Waals surface area contributed by atoms with Crippen LogP contribution in [0, 0.1) is 0 Å². The van der Waals surface area contributed by atoms with Gasteiger partial charge in [0.2, 0.25) is 10.0 Å². The van der Waals surface area contributed by atoms with E-state index >= 15 is 0 Å². The summed E-state index contributed by atoms with van der Waals surface area (Å²) in [6.07, 6.45) is 1.01. The van der Waals surface area contributed by atoms with Crippen molar-refractivity contribution < 1.29 is 18.3 Å². The van der Waals surface area contributed by atoms with Crippen LogP contribution in [0.2, 0.25) is 0 Å². The van der Waals surface area contributed by atoms with Gasteiger partial charge in [-0.1, -0.05) is 12.1 Å². The Hall–Kier alpha value is -1.60. The van der Waals surface area contributed by atoms with E-state index in [9.17, 15) is 13.2 Å². The van der Waals surface area contributed by atoms with Gasteiger partial charge >= 0.3 is 5.97 Å². The maximum absolute atomic E-state index is 11.0. The Morgan fingerprint density at radius 3 is 2.62 bits per heavy atom. The summed E-state index contributed by atoms with van der Waals surface area (Å²) >= 11 is 0. The van der Waals surface area contributed by atoms with E-state index in [4.69, 9.17) is 10.8 Å². The summed E-state index contributed by atoms with van der Waals surface area (Å²) in [4.78, 5) is 10.6. The fraction of sp³-hybridized carbons (Fsp3) is 0.222. The molecule has 0 aliphatic heterocycles. The van der Waals surface area contributed by atoms with E-state index in [1.54, 1.807) is 0 Å². The quantitative estimate of drug-likeness (QED) is 0.698. The summed E-state index contributed by atoms with van der Waals surface area (Å²) in [5.41, 5.74) is 6.02. The van der Waals surface area contributed by atoms with Crippen LogP contribution in [0.1, 0.15) is 11.6 Å². The Kier molecular flexibility index (Phi) is 3.51. The molecule has 0 amide bonds. The zero-order chi connectivity index (χ0) is 12.3. The molecule has 0 fully saturated rings. The molecule has 6 nitrogen and oxygen atoms in total. The Morgan fingerprint density at radius 1 is 1.50 bits per heavy atom. The first-order valence-corrected chi connectivity index (χ1v) is 6.25. The second-order valence-electron chi connectivity index (χ2n) is 3.32. The number of carbonyl (C=O) groups is 1. The third-order valence-electron chi connectivity index (χ3n) is 1.82. The van der Waals surface area contributed by atoms with E-state index in [0.29, 0.717) is 5.56 Å². The highest BCUT2D eigenvalue weighted by atomic mass is 32.2. The molecule has 0 heterocycles. The smallest absolute Gasteiger partial charge is 0.325 e. The highest BCUT2D eigenvalue weighted by Gasteiger charge is 2.14. The number of nitrogens with one attached hydrogen (secondary N) is 1. The topological polar surface area (TPSA) is 109 Å². The fourth-order valence-corrected chi connectivity index (χ4v) is 1.71. The molecule has 1 aromatic carbocycles. The summed E-state index contributed by atoms with van der Waals surface area (Å²) in [6.45, 7) is 0. The SMILES string of the molecule is CS(=O)(=O)Nc1cccc([C@@H](N)C(=O)O)c1. The number of carboxylic acid groups (broad SMARTS) is 1. The van der Waals surface area contributed by atoms with Gasteiger partial charge in [0, 0.05) is 5.69 Å². The van der Waals surface area contributed by atoms with Crippen molar-refractivity contribution in [2.24, 2.45) is 5.73 Å². The number of anilines is 1. The number of nitrogens with two attached hydrogens (primary N) is 1. The third-order valence-corrected chi connectivity index (χ3v) is 2.42. The van der Waals surface area contributed by atoms with Crippen molar-refractivity contribution in [2.45, 2.75) is 6.04 Å². The molecule has 1 atom stereocenters. The van der Waals surface area contributed by atoms with Crippen LogP contribution in [0.25, 0.3) is 0 Å². The van der Waals surface area contributed by atoms with Gasteiger partial charge in [-0.2, -0.15) is 0 Å². The largest absolute Gasteiger partial charge is 0.480 e. The van der Waals surface area contributed by atoms with Gasteiger partial charge in [0.1, 0.15) is 6.04 Å². The molecule has 0 bridgehead atoms. The maximum Gasteiger partial charge on any atom is 0.325 e. The van der Waals surface area contributed by atoms with E-state index in [0.717, 1.165) is 6.26 Å². The first-order valence-electron chi connectivity index (χ1n) is 4.36. The molecule has 4 N–H and O–H groups in total. The van der Waals surface area contributed by atoms with Crippen molar-refractivity contribution in [3.05, 3.63) is 29.8 Å². The Labute approximate surface area is 93.1 Å². The lowest BCUT2D eigenvalue weighted by atomic mass is 10.1. The lowest BCUT2D eigenvalue weighted by Crippen LogP contribution is -2.20. The van der Waals surface area contributed by atoms with E-state index in [2.05, 4.69) is 4.72 Å². The van der Waals surface area contributed by atoms with Crippen LogP contribution in [0.15, 0.2) is 24.3 Å². The summed E-state index contributed by atoms with van der Waals surface area (Å²) in [5, 5.41) is 8.70. The van der Waals surface area contributed by atoms with Gasteiger partial charge in [-0.25, -0.2) is 8.42 Å². The van der Waals surface area contributed by atoms with Crippen LogP contribution < -0.4 is 10.5 Å². The molecule has 0 saturated heterocycles. The maximum atomic E-state index is 11.0. The molecule has 0 aliphatic carbocycles. The van der Waals surface area contributed by atoms with Crippen LogP contribution in [0.3, 0.4) is 0 Å². The Balaban J connectivity index is 3.00. The molecule has 0 aromatic heterocycles. The van der Waals surface area contributed by atoms with Crippen LogP contribution in [0.4, 0.5) is 5.69 Å².